The maximum absolute atomic E-state index is 13.4. The average molecular weight is 613 g/mol. The molecule has 12 bridgehead atoms. The zero-order valence-corrected chi connectivity index (χ0v) is 27.7. The van der Waals surface area contributed by atoms with Gasteiger partial charge < -0.3 is 9.47 Å². The summed E-state index contributed by atoms with van der Waals surface area (Å²) in [6.07, 6.45) is 24.0. The van der Waals surface area contributed by atoms with E-state index in [-0.39, 0.29) is 23.1 Å². The summed E-state index contributed by atoms with van der Waals surface area (Å²) in [6, 6.07) is 0. The van der Waals surface area contributed by atoms with Crippen LogP contribution in [-0.2, 0) is 19.1 Å². The molecule has 0 aromatic carbocycles. The van der Waals surface area contributed by atoms with Crippen molar-refractivity contribution in [3.8, 4) is 0 Å². The predicted molar refractivity (Wildman–Crippen MR) is 172 cm³/mol. The number of rotatable bonds is 7. The van der Waals surface area contributed by atoms with Crippen molar-refractivity contribution in [3.63, 3.8) is 0 Å². The van der Waals surface area contributed by atoms with Crippen molar-refractivity contribution in [1.82, 2.24) is 0 Å². The molecule has 12 aliphatic carbocycles. The number of carbonyl (C=O) groups excluding carboxylic acids is 2. The third kappa shape index (κ3) is 3.72. The van der Waals surface area contributed by atoms with Gasteiger partial charge in [-0.05, 0) is 174 Å². The highest BCUT2D eigenvalue weighted by Gasteiger charge is 2.73. The molecule has 0 saturated heterocycles. The molecule has 12 saturated carbocycles. The molecule has 0 aromatic rings. The Kier molecular flexibility index (Phi) is 6.02. The standard InChI is InChI=1S/C41H56O4/c1-4-37(42)44-40(30-9-24-7-25(11-30)12-31(40)10-24)36-18-28-16-29(36)17-34(28)39-19-26-13-32(20-39)41(33(14-26)21-39,45-38(43)22(2)3)35-15-23-5-6-27(35)8-23/h4,23-36H,1-2,5-21H2,3H3. The normalized spacial score (nSPS) is 57.4. The largest absolute Gasteiger partial charge is 0.455 e. The Morgan fingerprint density at radius 1 is 0.600 bits per heavy atom. The summed E-state index contributed by atoms with van der Waals surface area (Å²) in [5.41, 5.74) is 0.557. The van der Waals surface area contributed by atoms with Crippen molar-refractivity contribution in [2.75, 3.05) is 0 Å². The minimum atomic E-state index is -0.236. The van der Waals surface area contributed by atoms with E-state index in [1.807, 2.05) is 6.92 Å². The van der Waals surface area contributed by atoms with Crippen LogP contribution in [0, 0.1) is 88.3 Å². The van der Waals surface area contributed by atoms with Crippen LogP contribution in [-0.4, -0.2) is 23.1 Å². The van der Waals surface area contributed by atoms with Gasteiger partial charge in [0.15, 0.2) is 0 Å². The van der Waals surface area contributed by atoms with Gasteiger partial charge in [-0.3, -0.25) is 0 Å². The average Bonchev–Trinajstić information content (AvgIpc) is 3.82. The summed E-state index contributed by atoms with van der Waals surface area (Å²) in [4.78, 5) is 26.4. The molecule has 9 unspecified atom stereocenters. The Labute approximate surface area is 270 Å². The van der Waals surface area contributed by atoms with Crippen LogP contribution in [0.2, 0.25) is 0 Å². The SMILES string of the molecule is C=CC(=O)OC1(C2CC3CC2CC3C23CC4CC(C2)C(OC(=O)C(=C)C)(C2CC5CCC2C5)C(C4)C3)C2CC3CC(C2)CC1C3. The van der Waals surface area contributed by atoms with Crippen LogP contribution in [0.1, 0.15) is 116 Å². The van der Waals surface area contributed by atoms with E-state index in [9.17, 15) is 9.59 Å². The molecule has 12 rings (SSSR count). The van der Waals surface area contributed by atoms with Gasteiger partial charge >= 0.3 is 11.9 Å². The van der Waals surface area contributed by atoms with Crippen molar-refractivity contribution in [2.45, 2.75) is 127 Å². The molecule has 45 heavy (non-hydrogen) atoms. The summed E-state index contributed by atoms with van der Waals surface area (Å²) < 4.78 is 13.6. The lowest BCUT2D eigenvalue weighted by molar-refractivity contribution is -0.260. The molecule has 0 amide bonds. The van der Waals surface area contributed by atoms with E-state index in [4.69, 9.17) is 9.47 Å². The van der Waals surface area contributed by atoms with E-state index in [0.29, 0.717) is 52.4 Å². The fourth-order valence-corrected chi connectivity index (χ4v) is 17.0. The van der Waals surface area contributed by atoms with Gasteiger partial charge in [0.05, 0.1) is 0 Å². The fraction of sp³-hybridized carbons (Fsp3) is 0.854. The van der Waals surface area contributed by atoms with Gasteiger partial charge in [0.2, 0.25) is 0 Å². The van der Waals surface area contributed by atoms with Crippen LogP contribution < -0.4 is 0 Å². The van der Waals surface area contributed by atoms with Crippen LogP contribution in [0.4, 0.5) is 0 Å². The highest BCUT2D eigenvalue weighted by molar-refractivity contribution is 5.87. The molecule has 0 N–H and O–H groups in total. The molecule has 12 fully saturated rings. The van der Waals surface area contributed by atoms with Gasteiger partial charge in [-0.1, -0.05) is 19.6 Å². The number of fused-ring (bicyclic) bond motifs is 4. The van der Waals surface area contributed by atoms with Crippen molar-refractivity contribution in [3.05, 3.63) is 24.8 Å². The number of esters is 2. The lowest BCUT2D eigenvalue weighted by atomic mass is 9.38. The van der Waals surface area contributed by atoms with Crippen molar-refractivity contribution >= 4 is 11.9 Å². The Hall–Kier alpha value is -1.58. The first kappa shape index (κ1) is 28.4. The Bertz CT molecular complexity index is 1280. The van der Waals surface area contributed by atoms with Gasteiger partial charge in [-0.15, -0.1) is 0 Å². The maximum Gasteiger partial charge on any atom is 0.333 e. The van der Waals surface area contributed by atoms with Gasteiger partial charge in [0.25, 0.3) is 0 Å². The molecular weight excluding hydrogens is 556 g/mol. The molecule has 0 aliphatic heterocycles. The number of carbonyl (C=O) groups is 2. The first-order chi connectivity index (χ1) is 21.7. The Balaban J connectivity index is 0.945. The Morgan fingerprint density at radius 3 is 1.76 bits per heavy atom. The van der Waals surface area contributed by atoms with Crippen LogP contribution in [0.3, 0.4) is 0 Å². The first-order valence-electron chi connectivity index (χ1n) is 19.4. The molecule has 0 radical (unpaired) electrons. The molecule has 0 spiro atoms. The third-order valence-electron chi connectivity index (χ3n) is 17.5. The van der Waals surface area contributed by atoms with E-state index in [1.165, 1.54) is 115 Å². The minimum absolute atomic E-state index is 0.114. The lowest BCUT2D eigenvalue weighted by Gasteiger charge is -2.69. The molecular formula is C41H56O4. The van der Waals surface area contributed by atoms with Crippen molar-refractivity contribution in [1.29, 1.82) is 0 Å². The zero-order chi connectivity index (χ0) is 30.5. The second kappa shape index (κ2) is 9.52. The third-order valence-corrected chi connectivity index (χ3v) is 17.5. The Morgan fingerprint density at radius 2 is 1.20 bits per heavy atom. The minimum Gasteiger partial charge on any atom is -0.455 e. The quantitative estimate of drug-likeness (QED) is 0.213. The summed E-state index contributed by atoms with van der Waals surface area (Å²) in [5.74, 6) is 9.56. The second-order valence-electron chi connectivity index (χ2n) is 19.2. The van der Waals surface area contributed by atoms with Crippen LogP contribution in [0.25, 0.3) is 0 Å². The van der Waals surface area contributed by atoms with E-state index in [0.717, 1.165) is 41.4 Å². The molecule has 9 atom stereocenters. The van der Waals surface area contributed by atoms with Crippen molar-refractivity contribution < 1.29 is 19.1 Å². The summed E-state index contributed by atoms with van der Waals surface area (Å²) in [7, 11) is 0. The van der Waals surface area contributed by atoms with Crippen LogP contribution in [0.15, 0.2) is 24.8 Å². The van der Waals surface area contributed by atoms with Gasteiger partial charge in [0, 0.05) is 35.3 Å². The number of hydrogen-bond acceptors (Lipinski definition) is 4. The predicted octanol–water partition coefficient (Wildman–Crippen LogP) is 8.69. The molecule has 0 aromatic heterocycles. The summed E-state index contributed by atoms with van der Waals surface area (Å²) in [6.45, 7) is 9.72. The molecule has 0 heterocycles. The van der Waals surface area contributed by atoms with Gasteiger partial charge in [-0.25, -0.2) is 9.59 Å². The van der Waals surface area contributed by atoms with Gasteiger partial charge in [-0.2, -0.15) is 0 Å². The molecule has 4 heteroatoms. The monoisotopic (exact) mass is 612 g/mol. The smallest absolute Gasteiger partial charge is 0.333 e. The first-order valence-corrected chi connectivity index (χ1v) is 19.4. The highest BCUT2D eigenvalue weighted by atomic mass is 16.6. The fourth-order valence-electron chi connectivity index (χ4n) is 17.0. The highest BCUT2D eigenvalue weighted by Crippen LogP contribution is 2.76. The lowest BCUT2D eigenvalue weighted by Crippen LogP contribution is -2.68. The van der Waals surface area contributed by atoms with Crippen LogP contribution >= 0.6 is 0 Å². The second-order valence-corrected chi connectivity index (χ2v) is 19.2. The van der Waals surface area contributed by atoms with Crippen LogP contribution in [0.5, 0.6) is 0 Å². The van der Waals surface area contributed by atoms with Gasteiger partial charge in [0.1, 0.15) is 11.2 Å². The molecule has 4 nitrogen and oxygen atoms in total. The summed E-state index contributed by atoms with van der Waals surface area (Å²) in [5, 5.41) is 0. The zero-order valence-electron chi connectivity index (χ0n) is 27.7. The van der Waals surface area contributed by atoms with Crippen molar-refractivity contribution in [2.24, 2.45) is 88.3 Å². The van der Waals surface area contributed by atoms with E-state index >= 15 is 0 Å². The van der Waals surface area contributed by atoms with E-state index < -0.39 is 0 Å². The summed E-state index contributed by atoms with van der Waals surface area (Å²) >= 11 is 0. The topological polar surface area (TPSA) is 52.6 Å². The van der Waals surface area contributed by atoms with E-state index in [2.05, 4.69) is 13.2 Å². The van der Waals surface area contributed by atoms with E-state index in [1.54, 1.807) is 0 Å². The number of hydrogen-bond donors (Lipinski definition) is 0. The number of ether oxygens (including phenoxy) is 2. The maximum atomic E-state index is 13.4. The molecule has 244 valence electrons. The molecule has 12 aliphatic rings.